The summed E-state index contributed by atoms with van der Waals surface area (Å²) >= 11 is 1.33. The van der Waals surface area contributed by atoms with Gasteiger partial charge in [-0.3, -0.25) is 14.3 Å². The Morgan fingerprint density at radius 2 is 1.78 bits per heavy atom. The summed E-state index contributed by atoms with van der Waals surface area (Å²) in [7, 11) is 1.86. The van der Waals surface area contributed by atoms with Crippen molar-refractivity contribution in [3.05, 3.63) is 88.1 Å². The first-order valence-corrected chi connectivity index (χ1v) is 14.0. The van der Waals surface area contributed by atoms with Gasteiger partial charge >= 0.3 is 6.09 Å². The molecule has 0 saturated carbocycles. The highest BCUT2D eigenvalue weighted by molar-refractivity contribution is 7.17. The van der Waals surface area contributed by atoms with Crippen LogP contribution in [0.4, 0.5) is 4.79 Å². The molecular weight excluding hydrogens is 538 g/mol. The molecule has 0 spiro atoms. The minimum absolute atomic E-state index is 0.227. The molecule has 4 N–H and O–H groups in total. The first-order valence-electron chi connectivity index (χ1n) is 13.2. The standard InChI is InChI=1S/C31H35N5O4S/c1-18-7-8-20(15-33-30(39)40-31(3,4)5)11-25(18)29(38)35-19(2)21-12-22(24-16-34-36(6)17-24)14-23(13-21)26-9-10-27(41-26)28(32)37/h7-14,16-17,19H,15H2,1-6H3,(H2,32,37)(H,33,39)(H,35,38). The Bertz CT molecular complexity index is 1600. The van der Waals surface area contributed by atoms with E-state index in [1.54, 1.807) is 43.8 Å². The van der Waals surface area contributed by atoms with Crippen molar-refractivity contribution in [1.82, 2.24) is 20.4 Å². The lowest BCUT2D eigenvalue weighted by Gasteiger charge is -2.20. The number of aryl methyl sites for hydroxylation is 2. The molecule has 214 valence electrons. The van der Waals surface area contributed by atoms with E-state index in [-0.39, 0.29) is 18.5 Å². The summed E-state index contributed by atoms with van der Waals surface area (Å²) in [5, 5.41) is 10.2. The lowest BCUT2D eigenvalue weighted by atomic mass is 9.97. The minimum atomic E-state index is -0.597. The van der Waals surface area contributed by atoms with Gasteiger partial charge in [-0.2, -0.15) is 5.10 Å². The molecule has 2 aromatic heterocycles. The van der Waals surface area contributed by atoms with Crippen molar-refractivity contribution in [2.45, 2.75) is 52.8 Å². The van der Waals surface area contributed by atoms with Crippen molar-refractivity contribution in [3.63, 3.8) is 0 Å². The van der Waals surface area contributed by atoms with E-state index in [2.05, 4.69) is 15.7 Å². The molecule has 0 aliphatic carbocycles. The first kappa shape index (κ1) is 29.5. The molecule has 41 heavy (non-hydrogen) atoms. The molecule has 3 amide bonds. The number of rotatable bonds is 8. The van der Waals surface area contributed by atoms with Gasteiger partial charge in [0.25, 0.3) is 11.8 Å². The average Bonchev–Trinajstić information content (AvgIpc) is 3.57. The van der Waals surface area contributed by atoms with Crippen LogP contribution in [0.25, 0.3) is 21.6 Å². The van der Waals surface area contributed by atoms with Crippen molar-refractivity contribution in [2.75, 3.05) is 0 Å². The zero-order valence-electron chi connectivity index (χ0n) is 24.1. The molecule has 1 unspecified atom stereocenters. The van der Waals surface area contributed by atoms with Gasteiger partial charge in [0.15, 0.2) is 0 Å². The Morgan fingerprint density at radius 1 is 1.05 bits per heavy atom. The molecule has 1 atom stereocenters. The van der Waals surface area contributed by atoms with Gasteiger partial charge in [0.2, 0.25) is 0 Å². The van der Waals surface area contributed by atoms with Crippen LogP contribution in [0.1, 0.15) is 70.5 Å². The second-order valence-corrected chi connectivity index (χ2v) is 12.1. The number of hydrogen-bond acceptors (Lipinski definition) is 6. The fourth-order valence-corrected chi connectivity index (χ4v) is 5.12. The van der Waals surface area contributed by atoms with Gasteiger partial charge in [0, 0.05) is 35.8 Å². The Balaban J connectivity index is 1.58. The smallest absolute Gasteiger partial charge is 0.407 e. The lowest BCUT2D eigenvalue weighted by Crippen LogP contribution is -2.32. The molecule has 10 heteroatoms. The van der Waals surface area contributed by atoms with Gasteiger partial charge in [0.1, 0.15) is 5.60 Å². The van der Waals surface area contributed by atoms with Crippen LogP contribution in [-0.2, 0) is 18.3 Å². The van der Waals surface area contributed by atoms with Crippen LogP contribution in [0.5, 0.6) is 0 Å². The van der Waals surface area contributed by atoms with E-state index in [9.17, 15) is 14.4 Å². The van der Waals surface area contributed by atoms with Crippen molar-refractivity contribution < 1.29 is 19.1 Å². The summed E-state index contributed by atoms with van der Waals surface area (Å²) in [6, 6.07) is 14.9. The van der Waals surface area contributed by atoms with Gasteiger partial charge < -0.3 is 21.1 Å². The maximum Gasteiger partial charge on any atom is 0.407 e. The summed E-state index contributed by atoms with van der Waals surface area (Å²) < 4.78 is 7.04. The Kier molecular flexibility index (Phi) is 8.63. The number of primary amides is 1. The molecule has 0 aliphatic heterocycles. The highest BCUT2D eigenvalue weighted by Gasteiger charge is 2.19. The SMILES string of the molecule is Cc1ccc(CNC(=O)OC(C)(C)C)cc1C(=O)NC(C)c1cc(-c2cnn(C)c2)cc(-c2ccc(C(N)=O)s2)c1. The average molecular weight is 574 g/mol. The summed E-state index contributed by atoms with van der Waals surface area (Å²) in [6.07, 6.45) is 3.20. The highest BCUT2D eigenvalue weighted by atomic mass is 32.1. The van der Waals surface area contributed by atoms with Gasteiger partial charge in [-0.25, -0.2) is 4.79 Å². The molecule has 0 fully saturated rings. The van der Waals surface area contributed by atoms with Crippen molar-refractivity contribution in [2.24, 2.45) is 12.8 Å². The zero-order valence-corrected chi connectivity index (χ0v) is 24.9. The number of amides is 3. The number of thiophene rings is 1. The normalized spacial score (nSPS) is 12.0. The maximum absolute atomic E-state index is 13.4. The maximum atomic E-state index is 13.4. The Labute approximate surface area is 243 Å². The first-order chi connectivity index (χ1) is 19.3. The van der Waals surface area contributed by atoms with Gasteiger partial charge in [-0.1, -0.05) is 12.1 Å². The van der Waals surface area contributed by atoms with E-state index < -0.39 is 17.6 Å². The second-order valence-electron chi connectivity index (χ2n) is 11.0. The fourth-order valence-electron chi connectivity index (χ4n) is 4.28. The molecule has 4 rings (SSSR count). The lowest BCUT2D eigenvalue weighted by molar-refractivity contribution is 0.0523. The van der Waals surface area contributed by atoms with E-state index in [1.807, 2.05) is 63.5 Å². The van der Waals surface area contributed by atoms with E-state index in [4.69, 9.17) is 10.5 Å². The summed E-state index contributed by atoms with van der Waals surface area (Å²) in [4.78, 5) is 38.6. The van der Waals surface area contributed by atoms with E-state index >= 15 is 0 Å². The molecule has 0 aliphatic rings. The van der Waals surface area contributed by atoms with Crippen LogP contribution in [0.3, 0.4) is 0 Å². The fraction of sp³-hybridized carbons (Fsp3) is 0.290. The van der Waals surface area contributed by atoms with Crippen molar-refractivity contribution in [3.8, 4) is 21.6 Å². The number of nitrogens with zero attached hydrogens (tertiary/aromatic N) is 2. The Morgan fingerprint density at radius 3 is 2.41 bits per heavy atom. The predicted molar refractivity (Wildman–Crippen MR) is 161 cm³/mol. The molecule has 4 aromatic rings. The molecule has 2 aromatic carbocycles. The van der Waals surface area contributed by atoms with E-state index in [0.29, 0.717) is 10.4 Å². The van der Waals surface area contributed by atoms with Crippen LogP contribution in [0, 0.1) is 6.92 Å². The Hall–Kier alpha value is -4.44. The van der Waals surface area contributed by atoms with Gasteiger partial charge in [-0.05, 0) is 98.8 Å². The van der Waals surface area contributed by atoms with E-state index in [1.165, 1.54) is 11.3 Å². The highest BCUT2D eigenvalue weighted by Crippen LogP contribution is 2.34. The zero-order chi connectivity index (χ0) is 29.9. The number of nitrogens with one attached hydrogen (secondary N) is 2. The molecule has 0 bridgehead atoms. The number of ether oxygens (including phenoxy) is 1. The van der Waals surface area contributed by atoms with Crippen LogP contribution >= 0.6 is 11.3 Å². The number of benzene rings is 2. The molecular formula is C31H35N5O4S. The van der Waals surface area contributed by atoms with Crippen LogP contribution in [0.2, 0.25) is 0 Å². The molecule has 0 saturated heterocycles. The third-order valence-electron chi connectivity index (χ3n) is 6.36. The van der Waals surface area contributed by atoms with Crippen molar-refractivity contribution in [1.29, 1.82) is 0 Å². The monoisotopic (exact) mass is 573 g/mol. The second kappa shape index (κ2) is 12.0. The summed E-state index contributed by atoms with van der Waals surface area (Å²) in [5.41, 5.74) is 10.7. The number of alkyl carbamates (subject to hydrolysis) is 1. The van der Waals surface area contributed by atoms with E-state index in [0.717, 1.165) is 38.3 Å². The molecule has 9 nitrogen and oxygen atoms in total. The van der Waals surface area contributed by atoms with Gasteiger partial charge in [0.05, 0.1) is 17.1 Å². The van der Waals surface area contributed by atoms with Crippen molar-refractivity contribution >= 4 is 29.2 Å². The number of carbonyl (C=O) groups excluding carboxylic acids is 3. The minimum Gasteiger partial charge on any atom is -0.444 e. The number of carbonyl (C=O) groups is 3. The van der Waals surface area contributed by atoms with Crippen LogP contribution in [-0.4, -0.2) is 33.3 Å². The number of hydrogen-bond donors (Lipinski definition) is 3. The quantitative estimate of drug-likeness (QED) is 0.248. The summed E-state index contributed by atoms with van der Waals surface area (Å²) in [6.45, 7) is 9.44. The predicted octanol–water partition coefficient (Wildman–Crippen LogP) is 5.74. The largest absolute Gasteiger partial charge is 0.444 e. The third kappa shape index (κ3) is 7.61. The third-order valence-corrected chi connectivity index (χ3v) is 7.51. The van der Waals surface area contributed by atoms with Crippen LogP contribution in [0.15, 0.2) is 60.9 Å². The molecule has 0 radical (unpaired) electrons. The van der Waals surface area contributed by atoms with Gasteiger partial charge in [-0.15, -0.1) is 11.3 Å². The number of aromatic nitrogens is 2. The summed E-state index contributed by atoms with van der Waals surface area (Å²) in [5.74, 6) is -0.695. The topological polar surface area (TPSA) is 128 Å². The molecule has 2 heterocycles. The van der Waals surface area contributed by atoms with Crippen LogP contribution < -0.4 is 16.4 Å². The number of nitrogens with two attached hydrogens (primary N) is 1.